The average molecular weight is 490 g/mol. The highest BCUT2D eigenvalue weighted by molar-refractivity contribution is 7.89. The third-order valence-electron chi connectivity index (χ3n) is 6.78. The van der Waals surface area contributed by atoms with Gasteiger partial charge in [0.2, 0.25) is 15.9 Å². The number of nitrogens with zero attached hydrogens (tertiary/aromatic N) is 2. The quantitative estimate of drug-likeness (QED) is 0.660. The van der Waals surface area contributed by atoms with E-state index in [0.29, 0.717) is 19.5 Å². The summed E-state index contributed by atoms with van der Waals surface area (Å²) in [7, 11) is -3.92. The molecule has 0 bridgehead atoms. The largest absolute Gasteiger partial charge is 0.416 e. The van der Waals surface area contributed by atoms with Crippen LogP contribution < -0.4 is 5.73 Å². The van der Waals surface area contributed by atoms with Gasteiger partial charge in [-0.05, 0) is 67.7 Å². The first-order valence-corrected chi connectivity index (χ1v) is 12.8. The number of carbonyl (C=O) groups excluding carboxylic acids is 1. The molecule has 186 valence electrons. The summed E-state index contributed by atoms with van der Waals surface area (Å²) in [6, 6.07) is 2.90. The Bertz CT molecular complexity index is 958. The third-order valence-corrected chi connectivity index (χ3v) is 8.62. The van der Waals surface area contributed by atoms with E-state index in [1.807, 2.05) is 27.7 Å². The van der Waals surface area contributed by atoms with E-state index in [-0.39, 0.29) is 40.6 Å². The number of likely N-dealkylation sites (N-methyl/N-ethyl adjacent to an activating group) is 1. The molecule has 2 N–H and O–H groups in total. The molecule has 1 saturated carbocycles. The molecule has 2 aliphatic rings. The SMILES string of the molecule is CCN(C(=O)[C@@H](N)CC(C)(C)C)[C@H]1CC[C@@H]2CN(S(=O)(=O)c3ccc(C(F)(F)F)cc3)C[C@@H]21. The number of hydrogen-bond donors (Lipinski definition) is 1. The topological polar surface area (TPSA) is 83.7 Å². The summed E-state index contributed by atoms with van der Waals surface area (Å²) in [4.78, 5) is 14.8. The van der Waals surface area contributed by atoms with Gasteiger partial charge >= 0.3 is 6.18 Å². The van der Waals surface area contributed by atoms with Crippen molar-refractivity contribution in [3.63, 3.8) is 0 Å². The van der Waals surface area contributed by atoms with E-state index < -0.39 is 27.8 Å². The van der Waals surface area contributed by atoms with Crippen molar-refractivity contribution in [3.8, 4) is 0 Å². The van der Waals surface area contributed by atoms with Crippen molar-refractivity contribution in [2.24, 2.45) is 23.0 Å². The molecule has 1 aliphatic carbocycles. The maximum absolute atomic E-state index is 13.1. The number of amides is 1. The summed E-state index contributed by atoms with van der Waals surface area (Å²) in [6.45, 7) is 9.05. The maximum Gasteiger partial charge on any atom is 0.416 e. The number of nitrogens with two attached hydrogens (primary N) is 1. The Morgan fingerprint density at radius 1 is 1.15 bits per heavy atom. The molecule has 1 aromatic carbocycles. The van der Waals surface area contributed by atoms with Crippen molar-refractivity contribution in [2.75, 3.05) is 19.6 Å². The minimum absolute atomic E-state index is 0.0139. The molecule has 10 heteroatoms. The van der Waals surface area contributed by atoms with E-state index in [2.05, 4.69) is 0 Å². The zero-order valence-electron chi connectivity index (χ0n) is 19.6. The Balaban J connectivity index is 1.75. The van der Waals surface area contributed by atoms with Gasteiger partial charge in [0, 0.05) is 25.7 Å². The normalized spacial score (nSPS) is 25.2. The van der Waals surface area contributed by atoms with Crippen LogP contribution in [0.5, 0.6) is 0 Å². The number of fused-ring (bicyclic) bond motifs is 1. The Morgan fingerprint density at radius 3 is 2.27 bits per heavy atom. The van der Waals surface area contributed by atoms with Gasteiger partial charge in [0.15, 0.2) is 0 Å². The van der Waals surface area contributed by atoms with Gasteiger partial charge in [0.25, 0.3) is 0 Å². The maximum atomic E-state index is 13.1. The van der Waals surface area contributed by atoms with E-state index >= 15 is 0 Å². The molecule has 0 unspecified atom stereocenters. The van der Waals surface area contributed by atoms with Gasteiger partial charge in [-0.3, -0.25) is 4.79 Å². The predicted molar refractivity (Wildman–Crippen MR) is 120 cm³/mol. The molecule has 1 saturated heterocycles. The van der Waals surface area contributed by atoms with Crippen LogP contribution in [0.25, 0.3) is 0 Å². The fraction of sp³-hybridized carbons (Fsp3) is 0.696. The molecule has 1 aliphatic heterocycles. The molecule has 2 fully saturated rings. The zero-order chi connectivity index (χ0) is 24.8. The van der Waals surface area contributed by atoms with Crippen molar-refractivity contribution in [3.05, 3.63) is 29.8 Å². The van der Waals surface area contributed by atoms with Gasteiger partial charge in [0.05, 0.1) is 16.5 Å². The molecule has 4 atom stereocenters. The molecule has 0 radical (unpaired) electrons. The van der Waals surface area contributed by atoms with Gasteiger partial charge in [0.1, 0.15) is 0 Å². The van der Waals surface area contributed by atoms with Gasteiger partial charge in [-0.15, -0.1) is 0 Å². The Kier molecular flexibility index (Phi) is 7.23. The number of halogens is 3. The van der Waals surface area contributed by atoms with Crippen LogP contribution in [0.2, 0.25) is 0 Å². The van der Waals surface area contributed by atoms with Crippen LogP contribution in [0.15, 0.2) is 29.2 Å². The minimum Gasteiger partial charge on any atom is -0.338 e. The van der Waals surface area contributed by atoms with Crippen LogP contribution in [0.1, 0.15) is 52.5 Å². The van der Waals surface area contributed by atoms with Crippen molar-refractivity contribution in [1.29, 1.82) is 0 Å². The van der Waals surface area contributed by atoms with E-state index in [4.69, 9.17) is 5.73 Å². The monoisotopic (exact) mass is 489 g/mol. The Labute approximate surface area is 194 Å². The van der Waals surface area contributed by atoms with Crippen molar-refractivity contribution in [2.45, 2.75) is 70.1 Å². The van der Waals surface area contributed by atoms with E-state index in [1.54, 1.807) is 4.90 Å². The van der Waals surface area contributed by atoms with Crippen LogP contribution in [0, 0.1) is 17.3 Å². The summed E-state index contributed by atoms with van der Waals surface area (Å²) in [6.07, 6.45) is -2.38. The first-order valence-electron chi connectivity index (χ1n) is 11.4. The number of hydrogen-bond acceptors (Lipinski definition) is 4. The second kappa shape index (κ2) is 9.19. The second-order valence-electron chi connectivity index (χ2n) is 10.4. The van der Waals surface area contributed by atoms with Crippen molar-refractivity contribution >= 4 is 15.9 Å². The number of benzene rings is 1. The van der Waals surface area contributed by atoms with E-state index in [0.717, 1.165) is 37.1 Å². The molecular weight excluding hydrogens is 455 g/mol. The number of alkyl halides is 3. The van der Waals surface area contributed by atoms with Crippen LogP contribution in [0.3, 0.4) is 0 Å². The highest BCUT2D eigenvalue weighted by Gasteiger charge is 2.49. The van der Waals surface area contributed by atoms with Crippen LogP contribution >= 0.6 is 0 Å². The molecule has 6 nitrogen and oxygen atoms in total. The summed E-state index contributed by atoms with van der Waals surface area (Å²) in [5, 5.41) is 0. The fourth-order valence-corrected chi connectivity index (χ4v) is 6.79. The van der Waals surface area contributed by atoms with Gasteiger partial charge in [-0.2, -0.15) is 17.5 Å². The summed E-state index contributed by atoms with van der Waals surface area (Å²) >= 11 is 0. The number of carbonyl (C=O) groups is 1. The molecule has 1 heterocycles. The molecular formula is C23H34F3N3O3S. The number of rotatable bonds is 6. The first kappa shape index (κ1) is 26.0. The lowest BCUT2D eigenvalue weighted by atomic mass is 9.87. The Morgan fingerprint density at radius 2 is 1.76 bits per heavy atom. The van der Waals surface area contributed by atoms with Gasteiger partial charge in [-0.25, -0.2) is 8.42 Å². The Hall–Kier alpha value is -1.65. The highest BCUT2D eigenvalue weighted by atomic mass is 32.2. The van der Waals surface area contributed by atoms with Gasteiger partial charge in [-0.1, -0.05) is 20.8 Å². The lowest BCUT2D eigenvalue weighted by Crippen LogP contribution is -2.51. The summed E-state index contributed by atoms with van der Waals surface area (Å²) in [5.41, 5.74) is 5.25. The van der Waals surface area contributed by atoms with Crippen LogP contribution in [0.4, 0.5) is 13.2 Å². The lowest BCUT2D eigenvalue weighted by molar-refractivity contribution is -0.138. The van der Waals surface area contributed by atoms with Crippen molar-refractivity contribution in [1.82, 2.24) is 9.21 Å². The van der Waals surface area contributed by atoms with E-state index in [9.17, 15) is 26.4 Å². The summed E-state index contributed by atoms with van der Waals surface area (Å²) in [5.74, 6) is -0.0120. The average Bonchev–Trinajstić information content (AvgIpc) is 3.29. The van der Waals surface area contributed by atoms with Crippen molar-refractivity contribution < 1.29 is 26.4 Å². The smallest absolute Gasteiger partial charge is 0.338 e. The van der Waals surface area contributed by atoms with Gasteiger partial charge < -0.3 is 10.6 Å². The molecule has 1 aromatic rings. The molecule has 3 rings (SSSR count). The second-order valence-corrected chi connectivity index (χ2v) is 12.3. The molecule has 1 amide bonds. The van der Waals surface area contributed by atoms with Crippen LogP contribution in [-0.4, -0.2) is 55.2 Å². The number of sulfonamides is 1. The van der Waals surface area contributed by atoms with E-state index in [1.165, 1.54) is 4.31 Å². The zero-order valence-corrected chi connectivity index (χ0v) is 20.4. The standard InChI is InChI=1S/C23H34F3N3O3S/c1-5-29(21(30)19(27)12-22(2,3)4)20-11-6-15-13-28(14-18(15)20)33(31,32)17-9-7-16(8-10-17)23(24,25)26/h7-10,15,18-20H,5-6,11-14,27H2,1-4H3/t15-,18+,19+,20+/m1/s1. The highest BCUT2D eigenvalue weighted by Crippen LogP contribution is 2.43. The van der Waals surface area contributed by atoms with Crippen LogP contribution in [-0.2, 0) is 21.0 Å². The lowest BCUT2D eigenvalue weighted by Gasteiger charge is -2.35. The first-order chi connectivity index (χ1) is 15.1. The molecule has 0 spiro atoms. The fourth-order valence-electron chi connectivity index (χ4n) is 5.26. The minimum atomic E-state index is -4.52. The molecule has 33 heavy (non-hydrogen) atoms. The summed E-state index contributed by atoms with van der Waals surface area (Å²) < 4.78 is 66.1. The predicted octanol–water partition coefficient (Wildman–Crippen LogP) is 3.72. The molecule has 0 aromatic heterocycles. The third kappa shape index (κ3) is 5.54.